The highest BCUT2D eigenvalue weighted by Gasteiger charge is 2.17. The SMILES string of the molecule is CCn1c(C)c(-c2nc3ccccc3[nH]2)c2ccccc21. The van der Waals surface area contributed by atoms with E-state index in [-0.39, 0.29) is 0 Å². The molecule has 0 unspecified atom stereocenters. The largest absolute Gasteiger partial charge is 0.344 e. The van der Waals surface area contributed by atoms with E-state index >= 15 is 0 Å². The van der Waals surface area contributed by atoms with Crippen molar-refractivity contribution < 1.29 is 0 Å². The van der Waals surface area contributed by atoms with E-state index in [9.17, 15) is 0 Å². The van der Waals surface area contributed by atoms with Gasteiger partial charge in [0.2, 0.25) is 0 Å². The number of fused-ring (bicyclic) bond motifs is 2. The Morgan fingerprint density at radius 2 is 1.81 bits per heavy atom. The Kier molecular flexibility index (Phi) is 2.61. The van der Waals surface area contributed by atoms with Crippen molar-refractivity contribution in [1.29, 1.82) is 0 Å². The van der Waals surface area contributed by atoms with Crippen LogP contribution in [0.1, 0.15) is 12.6 Å². The van der Waals surface area contributed by atoms with Crippen LogP contribution in [0.5, 0.6) is 0 Å². The van der Waals surface area contributed by atoms with Crippen LogP contribution in [-0.2, 0) is 6.54 Å². The number of para-hydroxylation sites is 3. The molecular weight excluding hydrogens is 258 g/mol. The zero-order valence-electron chi connectivity index (χ0n) is 12.2. The standard InChI is InChI=1S/C18H17N3/c1-3-21-12(2)17(13-8-4-7-11-16(13)21)18-19-14-9-5-6-10-15(14)20-18/h4-11H,3H2,1-2H3,(H,19,20). The molecule has 3 nitrogen and oxygen atoms in total. The van der Waals surface area contributed by atoms with Gasteiger partial charge in [0.1, 0.15) is 5.82 Å². The minimum Gasteiger partial charge on any atom is -0.344 e. The van der Waals surface area contributed by atoms with E-state index in [1.54, 1.807) is 0 Å². The number of nitrogens with one attached hydrogen (secondary N) is 1. The minimum absolute atomic E-state index is 0.956. The highest BCUT2D eigenvalue weighted by atomic mass is 15.0. The third kappa shape index (κ3) is 1.70. The van der Waals surface area contributed by atoms with Crippen molar-refractivity contribution in [1.82, 2.24) is 14.5 Å². The molecule has 2 heterocycles. The van der Waals surface area contributed by atoms with Gasteiger partial charge in [-0.05, 0) is 32.0 Å². The van der Waals surface area contributed by atoms with E-state index in [0.29, 0.717) is 0 Å². The fourth-order valence-electron chi connectivity index (χ4n) is 3.21. The molecule has 0 fully saturated rings. The fraction of sp³-hybridized carbons (Fsp3) is 0.167. The average Bonchev–Trinajstić information content (AvgIpc) is 3.04. The van der Waals surface area contributed by atoms with Crippen LogP contribution in [0.4, 0.5) is 0 Å². The molecule has 0 aliphatic rings. The molecule has 0 saturated carbocycles. The molecule has 1 N–H and O–H groups in total. The van der Waals surface area contributed by atoms with Gasteiger partial charge in [0.25, 0.3) is 0 Å². The van der Waals surface area contributed by atoms with Crippen molar-refractivity contribution >= 4 is 21.9 Å². The summed E-state index contributed by atoms with van der Waals surface area (Å²) < 4.78 is 2.35. The second kappa shape index (κ2) is 4.48. The third-order valence-electron chi connectivity index (χ3n) is 4.17. The van der Waals surface area contributed by atoms with Crippen molar-refractivity contribution in [2.75, 3.05) is 0 Å². The first-order chi connectivity index (χ1) is 10.3. The summed E-state index contributed by atoms with van der Waals surface area (Å²) in [6.07, 6.45) is 0. The summed E-state index contributed by atoms with van der Waals surface area (Å²) in [7, 11) is 0. The first kappa shape index (κ1) is 12.2. The van der Waals surface area contributed by atoms with E-state index in [4.69, 9.17) is 4.98 Å². The highest BCUT2D eigenvalue weighted by molar-refractivity contribution is 5.97. The average molecular weight is 275 g/mol. The Morgan fingerprint density at radius 3 is 2.62 bits per heavy atom. The summed E-state index contributed by atoms with van der Waals surface area (Å²) >= 11 is 0. The molecule has 2 aromatic carbocycles. The third-order valence-corrected chi connectivity index (χ3v) is 4.17. The van der Waals surface area contributed by atoms with E-state index in [1.807, 2.05) is 18.2 Å². The Bertz CT molecular complexity index is 911. The molecule has 4 aromatic rings. The second-order valence-electron chi connectivity index (χ2n) is 5.32. The maximum Gasteiger partial charge on any atom is 0.140 e. The summed E-state index contributed by atoms with van der Waals surface area (Å²) in [6, 6.07) is 16.7. The lowest BCUT2D eigenvalue weighted by molar-refractivity contribution is 0.770. The Labute approximate surface area is 123 Å². The van der Waals surface area contributed by atoms with Gasteiger partial charge in [0, 0.05) is 28.7 Å². The normalized spacial score (nSPS) is 11.5. The van der Waals surface area contributed by atoms with Gasteiger partial charge in [0.15, 0.2) is 0 Å². The highest BCUT2D eigenvalue weighted by Crippen LogP contribution is 2.33. The molecule has 104 valence electrons. The maximum absolute atomic E-state index is 4.77. The number of H-pyrrole nitrogens is 1. The number of aromatic nitrogens is 3. The summed E-state index contributed by atoms with van der Waals surface area (Å²) in [5.41, 5.74) is 5.84. The molecular formula is C18H17N3. The van der Waals surface area contributed by atoms with Crippen LogP contribution in [0.15, 0.2) is 48.5 Å². The van der Waals surface area contributed by atoms with Crippen molar-refractivity contribution in [2.45, 2.75) is 20.4 Å². The van der Waals surface area contributed by atoms with Gasteiger partial charge in [-0.3, -0.25) is 0 Å². The van der Waals surface area contributed by atoms with E-state index in [2.05, 4.69) is 53.7 Å². The molecule has 0 amide bonds. The monoisotopic (exact) mass is 275 g/mol. The van der Waals surface area contributed by atoms with Crippen molar-refractivity contribution in [2.24, 2.45) is 0 Å². The number of benzene rings is 2. The van der Waals surface area contributed by atoms with Gasteiger partial charge in [-0.15, -0.1) is 0 Å². The van der Waals surface area contributed by atoms with E-state index < -0.39 is 0 Å². The van der Waals surface area contributed by atoms with E-state index in [1.165, 1.54) is 22.2 Å². The summed E-state index contributed by atoms with van der Waals surface area (Å²) in [5, 5.41) is 1.26. The van der Waals surface area contributed by atoms with Gasteiger partial charge in [-0.25, -0.2) is 4.98 Å². The summed E-state index contributed by atoms with van der Waals surface area (Å²) in [4.78, 5) is 8.23. The van der Waals surface area contributed by atoms with Gasteiger partial charge in [0.05, 0.1) is 11.0 Å². The summed E-state index contributed by atoms with van der Waals surface area (Å²) in [6.45, 7) is 5.32. The number of nitrogens with zero attached hydrogens (tertiary/aromatic N) is 2. The van der Waals surface area contributed by atoms with Gasteiger partial charge in [-0.2, -0.15) is 0 Å². The minimum atomic E-state index is 0.956. The molecule has 0 atom stereocenters. The molecule has 21 heavy (non-hydrogen) atoms. The predicted molar refractivity (Wildman–Crippen MR) is 87.4 cm³/mol. The number of imidazole rings is 1. The topological polar surface area (TPSA) is 33.6 Å². The lowest BCUT2D eigenvalue weighted by Crippen LogP contribution is -1.96. The van der Waals surface area contributed by atoms with Crippen LogP contribution in [0, 0.1) is 6.92 Å². The van der Waals surface area contributed by atoms with Crippen molar-refractivity contribution in [3.8, 4) is 11.4 Å². The molecule has 3 heteroatoms. The first-order valence-corrected chi connectivity index (χ1v) is 7.32. The quantitative estimate of drug-likeness (QED) is 0.573. The Morgan fingerprint density at radius 1 is 1.05 bits per heavy atom. The van der Waals surface area contributed by atoms with Crippen LogP contribution in [0.2, 0.25) is 0 Å². The molecule has 2 aromatic heterocycles. The van der Waals surface area contributed by atoms with E-state index in [0.717, 1.165) is 23.4 Å². The van der Waals surface area contributed by atoms with Crippen LogP contribution in [0.3, 0.4) is 0 Å². The number of rotatable bonds is 2. The molecule has 4 rings (SSSR count). The Hall–Kier alpha value is -2.55. The number of aromatic amines is 1. The molecule has 0 bridgehead atoms. The zero-order valence-corrected chi connectivity index (χ0v) is 12.2. The van der Waals surface area contributed by atoms with Crippen molar-refractivity contribution in [3.05, 3.63) is 54.2 Å². The predicted octanol–water partition coefficient (Wildman–Crippen LogP) is 4.51. The molecule has 0 spiro atoms. The lowest BCUT2D eigenvalue weighted by atomic mass is 10.1. The fourth-order valence-corrected chi connectivity index (χ4v) is 3.21. The molecule has 0 saturated heterocycles. The van der Waals surface area contributed by atoms with Crippen LogP contribution < -0.4 is 0 Å². The lowest BCUT2D eigenvalue weighted by Gasteiger charge is -2.03. The Balaban J connectivity index is 2.08. The number of hydrogen-bond acceptors (Lipinski definition) is 1. The smallest absolute Gasteiger partial charge is 0.140 e. The number of aryl methyl sites for hydroxylation is 1. The zero-order chi connectivity index (χ0) is 14.4. The maximum atomic E-state index is 4.77. The van der Waals surface area contributed by atoms with Gasteiger partial charge >= 0.3 is 0 Å². The van der Waals surface area contributed by atoms with Crippen LogP contribution in [0.25, 0.3) is 33.3 Å². The second-order valence-corrected chi connectivity index (χ2v) is 5.32. The molecule has 0 radical (unpaired) electrons. The molecule has 0 aliphatic heterocycles. The summed E-state index contributed by atoms with van der Waals surface area (Å²) in [5.74, 6) is 0.956. The van der Waals surface area contributed by atoms with Crippen LogP contribution in [-0.4, -0.2) is 14.5 Å². The van der Waals surface area contributed by atoms with Gasteiger partial charge < -0.3 is 9.55 Å². The van der Waals surface area contributed by atoms with Gasteiger partial charge in [-0.1, -0.05) is 30.3 Å². The molecule has 0 aliphatic carbocycles. The number of hydrogen-bond donors (Lipinski definition) is 1. The van der Waals surface area contributed by atoms with Crippen LogP contribution >= 0.6 is 0 Å². The van der Waals surface area contributed by atoms with Crippen molar-refractivity contribution in [3.63, 3.8) is 0 Å². The first-order valence-electron chi connectivity index (χ1n) is 7.32.